The predicted octanol–water partition coefficient (Wildman–Crippen LogP) is 3.16. The van der Waals surface area contributed by atoms with Crippen LogP contribution in [0.15, 0.2) is 53.4 Å². The highest BCUT2D eigenvalue weighted by atomic mass is 32.2. The average Bonchev–Trinajstić information content (AvgIpc) is 2.48. The van der Waals surface area contributed by atoms with Gasteiger partial charge >= 0.3 is 0 Å². The summed E-state index contributed by atoms with van der Waals surface area (Å²) < 4.78 is 38.4. The summed E-state index contributed by atoms with van der Waals surface area (Å²) in [6.07, 6.45) is 0. The second-order valence-electron chi connectivity index (χ2n) is 4.51. The third kappa shape index (κ3) is 3.11. The molecular weight excluding hydrogens is 280 g/mol. The van der Waals surface area contributed by atoms with E-state index < -0.39 is 33.7 Å². The van der Waals surface area contributed by atoms with Crippen molar-refractivity contribution in [2.24, 2.45) is 5.73 Å². The molecule has 2 aromatic rings. The third-order valence-corrected chi connectivity index (χ3v) is 4.84. The van der Waals surface area contributed by atoms with E-state index in [9.17, 15) is 13.0 Å². The van der Waals surface area contributed by atoms with E-state index in [0.29, 0.717) is 0 Å². The van der Waals surface area contributed by atoms with Crippen molar-refractivity contribution in [2.75, 3.05) is 0 Å². The zero-order valence-corrected chi connectivity index (χ0v) is 11.7. The van der Waals surface area contributed by atoms with E-state index in [2.05, 4.69) is 0 Å². The third-order valence-electron chi connectivity index (χ3n) is 3.15. The van der Waals surface area contributed by atoms with Crippen LogP contribution in [-0.4, -0.2) is 9.46 Å². The van der Waals surface area contributed by atoms with Crippen molar-refractivity contribution in [1.29, 1.82) is 0 Å². The normalized spacial score (nSPS) is 15.6. The number of hydrogen-bond acceptors (Lipinski definition) is 2. The smallest absolute Gasteiger partial charge is 0.160 e. The van der Waals surface area contributed by atoms with Crippen molar-refractivity contribution in [2.45, 2.75) is 23.1 Å². The molecule has 0 aromatic heterocycles. The molecule has 0 spiro atoms. The Balaban J connectivity index is 2.22. The molecule has 0 radical (unpaired) electrons. The van der Waals surface area contributed by atoms with Crippen molar-refractivity contribution < 1.29 is 13.0 Å². The van der Waals surface area contributed by atoms with Crippen LogP contribution >= 0.6 is 0 Å². The fraction of sp³-hybridized carbons (Fsp3) is 0.200. The molecule has 0 bridgehead atoms. The summed E-state index contributed by atoms with van der Waals surface area (Å²) in [7, 11) is -1.51. The van der Waals surface area contributed by atoms with Gasteiger partial charge in [0.15, 0.2) is 11.6 Å². The molecule has 0 saturated heterocycles. The Labute approximate surface area is 119 Å². The van der Waals surface area contributed by atoms with Crippen molar-refractivity contribution in [3.05, 3.63) is 65.7 Å². The molecule has 106 valence electrons. The van der Waals surface area contributed by atoms with Crippen LogP contribution in [0.4, 0.5) is 8.78 Å². The van der Waals surface area contributed by atoms with Crippen LogP contribution in [0.3, 0.4) is 0 Å². The van der Waals surface area contributed by atoms with Crippen molar-refractivity contribution >= 4 is 10.8 Å². The predicted molar refractivity (Wildman–Crippen MR) is 75.6 cm³/mol. The van der Waals surface area contributed by atoms with Gasteiger partial charge in [0.05, 0.1) is 16.0 Å². The number of nitrogens with two attached hydrogens (primary N) is 1. The summed E-state index contributed by atoms with van der Waals surface area (Å²) in [4.78, 5) is 0.239. The Morgan fingerprint density at radius 2 is 1.70 bits per heavy atom. The molecule has 0 saturated carbocycles. The van der Waals surface area contributed by atoms with Crippen LogP contribution in [0.2, 0.25) is 0 Å². The van der Waals surface area contributed by atoms with Gasteiger partial charge in [-0.15, -0.1) is 0 Å². The number of hydrogen-bond donors (Lipinski definition) is 1. The highest BCUT2D eigenvalue weighted by Gasteiger charge is 2.22. The molecule has 2 nitrogen and oxygen atoms in total. The standard InChI is InChI=1S/C15H15F2NOS/c1-10(15(18)11-5-3-2-4-6-11)20(19)12-7-8-13(16)14(17)9-12/h2-10,15H,18H2,1H3. The van der Waals surface area contributed by atoms with E-state index in [0.717, 1.165) is 17.7 Å². The van der Waals surface area contributed by atoms with Gasteiger partial charge in [0.1, 0.15) is 0 Å². The number of benzene rings is 2. The van der Waals surface area contributed by atoms with Gasteiger partial charge in [-0.2, -0.15) is 0 Å². The Bertz CT molecular complexity index is 619. The molecule has 0 aliphatic carbocycles. The molecule has 20 heavy (non-hydrogen) atoms. The summed E-state index contributed by atoms with van der Waals surface area (Å²) >= 11 is 0. The summed E-state index contributed by atoms with van der Waals surface area (Å²) in [6, 6.07) is 12.1. The first-order valence-electron chi connectivity index (χ1n) is 6.17. The quantitative estimate of drug-likeness (QED) is 0.941. The molecular formula is C15H15F2NOS. The van der Waals surface area contributed by atoms with E-state index in [1.807, 2.05) is 30.3 Å². The lowest BCUT2D eigenvalue weighted by molar-refractivity contribution is 0.505. The van der Waals surface area contributed by atoms with Gasteiger partial charge < -0.3 is 5.73 Å². The molecule has 0 heterocycles. The van der Waals surface area contributed by atoms with Crippen molar-refractivity contribution in [3.8, 4) is 0 Å². The van der Waals surface area contributed by atoms with Crippen LogP contribution in [0.1, 0.15) is 18.5 Å². The maximum absolute atomic E-state index is 13.2. The fourth-order valence-electron chi connectivity index (χ4n) is 1.90. The first-order valence-corrected chi connectivity index (χ1v) is 7.38. The van der Waals surface area contributed by atoms with Crippen LogP contribution in [0.5, 0.6) is 0 Å². The van der Waals surface area contributed by atoms with E-state index in [1.165, 1.54) is 6.07 Å². The maximum atomic E-state index is 13.2. The Hall–Kier alpha value is -1.59. The lowest BCUT2D eigenvalue weighted by Gasteiger charge is -2.20. The molecule has 0 amide bonds. The summed E-state index contributed by atoms with van der Waals surface area (Å²) in [5, 5.41) is -0.415. The van der Waals surface area contributed by atoms with Gasteiger partial charge in [-0.05, 0) is 30.7 Å². The van der Waals surface area contributed by atoms with Crippen LogP contribution in [0.25, 0.3) is 0 Å². The second kappa shape index (κ2) is 6.24. The lowest BCUT2D eigenvalue weighted by atomic mass is 10.1. The van der Waals surface area contributed by atoms with E-state index in [1.54, 1.807) is 6.92 Å². The minimum Gasteiger partial charge on any atom is -0.323 e. The minimum absolute atomic E-state index is 0.239. The largest absolute Gasteiger partial charge is 0.323 e. The molecule has 2 rings (SSSR count). The minimum atomic E-state index is -1.51. The zero-order chi connectivity index (χ0) is 14.7. The highest BCUT2D eigenvalue weighted by Crippen LogP contribution is 2.23. The Morgan fingerprint density at radius 3 is 2.30 bits per heavy atom. The van der Waals surface area contributed by atoms with Gasteiger partial charge in [0.25, 0.3) is 0 Å². The van der Waals surface area contributed by atoms with Gasteiger partial charge in [-0.25, -0.2) is 8.78 Å². The molecule has 5 heteroatoms. The molecule has 0 aliphatic rings. The van der Waals surface area contributed by atoms with Crippen LogP contribution < -0.4 is 5.73 Å². The molecule has 0 fully saturated rings. The second-order valence-corrected chi connectivity index (χ2v) is 6.32. The molecule has 3 atom stereocenters. The SMILES string of the molecule is CC(C(N)c1ccccc1)S(=O)c1ccc(F)c(F)c1. The number of halogens is 2. The highest BCUT2D eigenvalue weighted by molar-refractivity contribution is 7.85. The van der Waals surface area contributed by atoms with Gasteiger partial charge in [0, 0.05) is 10.9 Å². The van der Waals surface area contributed by atoms with E-state index in [4.69, 9.17) is 5.73 Å². The van der Waals surface area contributed by atoms with Crippen LogP contribution in [-0.2, 0) is 10.8 Å². The Morgan fingerprint density at radius 1 is 1.05 bits per heavy atom. The van der Waals surface area contributed by atoms with Crippen LogP contribution in [0, 0.1) is 11.6 Å². The van der Waals surface area contributed by atoms with E-state index >= 15 is 0 Å². The maximum Gasteiger partial charge on any atom is 0.160 e. The van der Waals surface area contributed by atoms with Crippen molar-refractivity contribution in [1.82, 2.24) is 0 Å². The number of rotatable bonds is 4. The first kappa shape index (κ1) is 14.8. The first-order chi connectivity index (χ1) is 9.50. The summed E-state index contributed by atoms with van der Waals surface area (Å²) in [5.41, 5.74) is 6.94. The summed E-state index contributed by atoms with van der Waals surface area (Å²) in [6.45, 7) is 1.73. The van der Waals surface area contributed by atoms with Gasteiger partial charge in [-0.1, -0.05) is 30.3 Å². The molecule has 0 aliphatic heterocycles. The lowest BCUT2D eigenvalue weighted by Crippen LogP contribution is -2.27. The monoisotopic (exact) mass is 295 g/mol. The average molecular weight is 295 g/mol. The Kier molecular flexibility index (Phi) is 4.62. The molecule has 2 aromatic carbocycles. The zero-order valence-electron chi connectivity index (χ0n) is 10.9. The molecule has 3 unspecified atom stereocenters. The van der Waals surface area contributed by atoms with Gasteiger partial charge in [-0.3, -0.25) is 4.21 Å². The van der Waals surface area contributed by atoms with Crippen molar-refractivity contribution in [3.63, 3.8) is 0 Å². The van der Waals surface area contributed by atoms with Gasteiger partial charge in [0.2, 0.25) is 0 Å². The summed E-state index contributed by atoms with van der Waals surface area (Å²) in [5.74, 6) is -1.96. The molecule has 2 N–H and O–H groups in total. The van der Waals surface area contributed by atoms with E-state index in [-0.39, 0.29) is 4.90 Å². The fourth-order valence-corrected chi connectivity index (χ4v) is 3.17. The topological polar surface area (TPSA) is 43.1 Å².